The summed E-state index contributed by atoms with van der Waals surface area (Å²) in [5.41, 5.74) is -0.306. The second-order valence-electron chi connectivity index (χ2n) is 4.85. The van der Waals surface area contributed by atoms with Crippen LogP contribution in [-0.4, -0.2) is 23.8 Å². The molecule has 0 heterocycles. The van der Waals surface area contributed by atoms with Gasteiger partial charge in [-0.25, -0.2) is 4.39 Å². The van der Waals surface area contributed by atoms with Gasteiger partial charge >= 0.3 is 6.18 Å². The number of phenols is 1. The molecule has 8 heteroatoms. The van der Waals surface area contributed by atoms with Crippen LogP contribution in [0.4, 0.5) is 17.6 Å². The fourth-order valence-electron chi connectivity index (χ4n) is 1.93. The van der Waals surface area contributed by atoms with Crippen molar-refractivity contribution < 1.29 is 32.2 Å². The van der Waals surface area contributed by atoms with Crippen molar-refractivity contribution in [3.8, 4) is 11.5 Å². The SMILES string of the molecule is O=C(COc1ccccc1O)N[C@H](c1ccc(F)cc1)C(F)(F)F. The molecule has 0 saturated heterocycles. The Morgan fingerprint density at radius 3 is 2.33 bits per heavy atom. The molecule has 0 radical (unpaired) electrons. The maximum Gasteiger partial charge on any atom is 0.412 e. The van der Waals surface area contributed by atoms with Gasteiger partial charge in [-0.05, 0) is 29.8 Å². The lowest BCUT2D eigenvalue weighted by molar-refractivity contribution is -0.164. The number of carbonyl (C=O) groups is 1. The van der Waals surface area contributed by atoms with Gasteiger partial charge in [-0.1, -0.05) is 24.3 Å². The number of amides is 1. The van der Waals surface area contributed by atoms with Crippen LogP contribution in [-0.2, 0) is 4.79 Å². The van der Waals surface area contributed by atoms with E-state index >= 15 is 0 Å². The van der Waals surface area contributed by atoms with Gasteiger partial charge in [0, 0.05) is 0 Å². The zero-order chi connectivity index (χ0) is 17.7. The predicted octanol–water partition coefficient (Wildman–Crippen LogP) is 3.33. The van der Waals surface area contributed by atoms with E-state index in [-0.39, 0.29) is 17.1 Å². The molecule has 0 bridgehead atoms. The molecule has 2 N–H and O–H groups in total. The molecule has 0 aliphatic rings. The lowest BCUT2D eigenvalue weighted by atomic mass is 10.1. The van der Waals surface area contributed by atoms with Crippen LogP contribution in [0, 0.1) is 5.82 Å². The number of aromatic hydroxyl groups is 1. The number of ether oxygens (including phenoxy) is 1. The van der Waals surface area contributed by atoms with Crippen molar-refractivity contribution in [3.05, 3.63) is 59.9 Å². The summed E-state index contributed by atoms with van der Waals surface area (Å²) in [7, 11) is 0. The molecule has 0 aromatic heterocycles. The first-order valence-electron chi connectivity index (χ1n) is 6.79. The van der Waals surface area contributed by atoms with Gasteiger partial charge in [0.15, 0.2) is 24.1 Å². The monoisotopic (exact) mass is 343 g/mol. The van der Waals surface area contributed by atoms with Gasteiger partial charge in [-0.3, -0.25) is 4.79 Å². The van der Waals surface area contributed by atoms with Crippen LogP contribution in [0.25, 0.3) is 0 Å². The second-order valence-corrected chi connectivity index (χ2v) is 4.85. The minimum absolute atomic E-state index is 0.0296. The van der Waals surface area contributed by atoms with Gasteiger partial charge in [-0.15, -0.1) is 0 Å². The summed E-state index contributed by atoms with van der Waals surface area (Å²) in [5, 5.41) is 11.3. The van der Waals surface area contributed by atoms with E-state index in [1.807, 2.05) is 0 Å². The highest BCUT2D eigenvalue weighted by atomic mass is 19.4. The van der Waals surface area contributed by atoms with E-state index < -0.39 is 30.5 Å². The molecule has 1 atom stereocenters. The minimum atomic E-state index is -4.76. The van der Waals surface area contributed by atoms with Gasteiger partial charge in [0.25, 0.3) is 5.91 Å². The zero-order valence-electron chi connectivity index (χ0n) is 12.2. The minimum Gasteiger partial charge on any atom is -0.504 e. The number of benzene rings is 2. The van der Waals surface area contributed by atoms with Crippen molar-refractivity contribution >= 4 is 5.91 Å². The van der Waals surface area contributed by atoms with E-state index in [2.05, 4.69) is 0 Å². The molecule has 2 aromatic carbocycles. The van der Waals surface area contributed by atoms with Crippen molar-refractivity contribution in [1.82, 2.24) is 5.32 Å². The Morgan fingerprint density at radius 1 is 1.12 bits per heavy atom. The van der Waals surface area contributed by atoms with Gasteiger partial charge in [0.05, 0.1) is 0 Å². The van der Waals surface area contributed by atoms with Gasteiger partial charge in [0.1, 0.15) is 5.82 Å². The smallest absolute Gasteiger partial charge is 0.412 e. The Kier molecular flexibility index (Phi) is 5.28. The third kappa shape index (κ3) is 4.61. The van der Waals surface area contributed by atoms with Gasteiger partial charge < -0.3 is 15.2 Å². The van der Waals surface area contributed by atoms with Crippen LogP contribution in [0.1, 0.15) is 11.6 Å². The first kappa shape index (κ1) is 17.6. The van der Waals surface area contributed by atoms with Crippen LogP contribution in [0.5, 0.6) is 11.5 Å². The number of halogens is 4. The average Bonchev–Trinajstić information content (AvgIpc) is 2.52. The Balaban J connectivity index is 2.05. The Labute approximate surface area is 134 Å². The summed E-state index contributed by atoms with van der Waals surface area (Å²) in [6.45, 7) is -0.717. The van der Waals surface area contributed by atoms with Crippen molar-refractivity contribution in [3.63, 3.8) is 0 Å². The first-order valence-corrected chi connectivity index (χ1v) is 6.79. The normalized spacial score (nSPS) is 12.5. The largest absolute Gasteiger partial charge is 0.504 e. The van der Waals surface area contributed by atoms with Crippen molar-refractivity contribution in [1.29, 1.82) is 0 Å². The van der Waals surface area contributed by atoms with E-state index in [1.54, 1.807) is 5.32 Å². The molecule has 2 aromatic rings. The fourth-order valence-corrected chi connectivity index (χ4v) is 1.93. The molecule has 0 spiro atoms. The summed E-state index contributed by atoms with van der Waals surface area (Å²) in [6, 6.07) is 7.07. The predicted molar refractivity (Wildman–Crippen MR) is 76.9 cm³/mol. The molecule has 128 valence electrons. The van der Waals surface area contributed by atoms with Crippen molar-refractivity contribution in [2.24, 2.45) is 0 Å². The first-order chi connectivity index (χ1) is 11.3. The number of rotatable bonds is 5. The molecular weight excluding hydrogens is 330 g/mol. The molecule has 4 nitrogen and oxygen atoms in total. The number of para-hydroxylation sites is 2. The Hall–Kier alpha value is -2.77. The lowest BCUT2D eigenvalue weighted by Crippen LogP contribution is -2.40. The summed E-state index contributed by atoms with van der Waals surface area (Å²) < 4.78 is 57.1. The number of alkyl halides is 3. The van der Waals surface area contributed by atoms with Gasteiger partial charge in [-0.2, -0.15) is 13.2 Å². The zero-order valence-corrected chi connectivity index (χ0v) is 12.2. The molecule has 0 saturated carbocycles. The lowest BCUT2D eigenvalue weighted by Gasteiger charge is -2.22. The summed E-state index contributed by atoms with van der Waals surface area (Å²) in [4.78, 5) is 11.7. The highest BCUT2D eigenvalue weighted by molar-refractivity contribution is 5.78. The molecule has 24 heavy (non-hydrogen) atoms. The molecule has 0 fully saturated rings. The number of carbonyl (C=O) groups excluding carboxylic acids is 1. The maximum atomic E-state index is 13.1. The van der Waals surface area contributed by atoms with E-state index in [9.17, 15) is 27.5 Å². The Morgan fingerprint density at radius 2 is 1.75 bits per heavy atom. The summed E-state index contributed by atoms with van der Waals surface area (Å²) in [5.74, 6) is -1.99. The number of phenolic OH excluding ortho intramolecular Hbond substituents is 1. The number of nitrogens with one attached hydrogen (secondary N) is 1. The van der Waals surface area contributed by atoms with Crippen molar-refractivity contribution in [2.45, 2.75) is 12.2 Å². The summed E-state index contributed by atoms with van der Waals surface area (Å²) in [6.07, 6.45) is -4.76. The number of hydrogen-bond acceptors (Lipinski definition) is 3. The third-order valence-corrected chi connectivity index (χ3v) is 3.06. The maximum absolute atomic E-state index is 13.1. The van der Waals surface area contributed by atoms with Gasteiger partial charge in [0.2, 0.25) is 0 Å². The highest BCUT2D eigenvalue weighted by Crippen LogP contribution is 2.32. The van der Waals surface area contributed by atoms with Crippen LogP contribution >= 0.6 is 0 Å². The third-order valence-electron chi connectivity index (χ3n) is 3.06. The topological polar surface area (TPSA) is 58.6 Å². The average molecular weight is 343 g/mol. The van der Waals surface area contributed by atoms with Crippen LogP contribution in [0.3, 0.4) is 0 Å². The standard InChI is InChI=1S/C16H13F4NO3/c17-11-7-5-10(6-8-11)15(16(18,19)20)21-14(23)9-24-13-4-2-1-3-12(13)22/h1-8,15,22H,9H2,(H,21,23)/t15-/m1/s1. The number of hydrogen-bond donors (Lipinski definition) is 2. The van der Waals surface area contributed by atoms with Crippen LogP contribution < -0.4 is 10.1 Å². The molecule has 1 amide bonds. The van der Waals surface area contributed by atoms with Crippen LogP contribution in [0.2, 0.25) is 0 Å². The van der Waals surface area contributed by atoms with E-state index in [4.69, 9.17) is 4.74 Å². The van der Waals surface area contributed by atoms with E-state index in [0.29, 0.717) is 0 Å². The van der Waals surface area contributed by atoms with E-state index in [1.165, 1.54) is 24.3 Å². The highest BCUT2D eigenvalue weighted by Gasteiger charge is 2.41. The van der Waals surface area contributed by atoms with Crippen molar-refractivity contribution in [2.75, 3.05) is 6.61 Å². The quantitative estimate of drug-likeness (QED) is 0.819. The molecule has 0 aliphatic carbocycles. The molecule has 0 aliphatic heterocycles. The van der Waals surface area contributed by atoms with Crippen LogP contribution in [0.15, 0.2) is 48.5 Å². The van der Waals surface area contributed by atoms with E-state index in [0.717, 1.165) is 24.3 Å². The Bertz CT molecular complexity index is 701. The summed E-state index contributed by atoms with van der Waals surface area (Å²) >= 11 is 0. The molecule has 0 unspecified atom stereocenters. The molecule has 2 rings (SSSR count). The molecular formula is C16H13F4NO3. The fraction of sp³-hybridized carbons (Fsp3) is 0.188. The second kappa shape index (κ2) is 7.20.